The normalized spacial score (nSPS) is 24.8. The molecule has 0 aliphatic carbocycles. The third-order valence-corrected chi connectivity index (χ3v) is 3.03. The van der Waals surface area contributed by atoms with Crippen molar-refractivity contribution >= 4 is 7.12 Å². The van der Waals surface area contributed by atoms with Gasteiger partial charge in [-0.15, -0.1) is 0 Å². The van der Waals surface area contributed by atoms with E-state index in [0.29, 0.717) is 0 Å². The first-order valence-corrected chi connectivity index (χ1v) is 5.39. The summed E-state index contributed by atoms with van der Waals surface area (Å²) < 4.78 is 11.7. The number of hydrogen-bond acceptors (Lipinski definition) is 2. The quantitative estimate of drug-likeness (QED) is 0.510. The van der Waals surface area contributed by atoms with Gasteiger partial charge in [-0.05, 0) is 34.1 Å². The van der Waals surface area contributed by atoms with E-state index < -0.39 is 0 Å². The fourth-order valence-corrected chi connectivity index (χ4v) is 1.44. The van der Waals surface area contributed by atoms with Crippen molar-refractivity contribution in [2.75, 3.05) is 0 Å². The third kappa shape index (κ3) is 2.40. The topological polar surface area (TPSA) is 18.5 Å². The summed E-state index contributed by atoms with van der Waals surface area (Å²) in [5.74, 6) is 0. The zero-order chi connectivity index (χ0) is 10.8. The maximum atomic E-state index is 5.84. The highest BCUT2D eigenvalue weighted by Crippen LogP contribution is 2.37. The summed E-state index contributed by atoms with van der Waals surface area (Å²) in [5.41, 5.74) is -0.393. The molecule has 0 bridgehead atoms. The molecule has 0 aromatic rings. The minimum atomic E-state index is -0.197. The average molecular weight is 196 g/mol. The largest absolute Gasteiger partial charge is 0.461 e. The zero-order valence-corrected chi connectivity index (χ0v) is 9.96. The van der Waals surface area contributed by atoms with Crippen LogP contribution >= 0.6 is 0 Å². The van der Waals surface area contributed by atoms with E-state index in [9.17, 15) is 0 Å². The van der Waals surface area contributed by atoms with Crippen LogP contribution in [0, 0.1) is 0 Å². The fourth-order valence-electron chi connectivity index (χ4n) is 1.44. The molecule has 1 saturated heterocycles. The van der Waals surface area contributed by atoms with E-state index in [-0.39, 0.29) is 18.3 Å². The van der Waals surface area contributed by atoms with E-state index in [0.717, 1.165) is 12.7 Å². The van der Waals surface area contributed by atoms with Crippen LogP contribution in [0.3, 0.4) is 0 Å². The van der Waals surface area contributed by atoms with Gasteiger partial charge in [0, 0.05) is 6.32 Å². The van der Waals surface area contributed by atoms with Crippen molar-refractivity contribution in [3.63, 3.8) is 0 Å². The average Bonchev–Trinajstić information content (AvgIpc) is 2.21. The summed E-state index contributed by atoms with van der Waals surface area (Å²) in [6.45, 7) is 10.4. The van der Waals surface area contributed by atoms with Crippen LogP contribution in [0.4, 0.5) is 0 Å². The molecule has 0 amide bonds. The summed E-state index contributed by atoms with van der Waals surface area (Å²) in [4.78, 5) is 0. The summed E-state index contributed by atoms with van der Waals surface area (Å²) in [6, 6.07) is 0. The van der Waals surface area contributed by atoms with E-state index in [1.54, 1.807) is 0 Å². The molecule has 1 aliphatic heterocycles. The predicted molar refractivity (Wildman–Crippen MR) is 60.3 cm³/mol. The zero-order valence-electron chi connectivity index (χ0n) is 9.96. The number of rotatable bonds is 3. The Morgan fingerprint density at radius 3 is 1.93 bits per heavy atom. The fraction of sp³-hybridized carbons (Fsp3) is 0.818. The monoisotopic (exact) mass is 196 g/mol. The summed E-state index contributed by atoms with van der Waals surface area (Å²) in [6.07, 6.45) is 6.19. The first-order chi connectivity index (χ1) is 6.39. The smallest absolute Gasteiger partial charge is 0.403 e. The lowest BCUT2D eigenvalue weighted by molar-refractivity contribution is 0.00578. The van der Waals surface area contributed by atoms with E-state index in [4.69, 9.17) is 9.31 Å². The maximum Gasteiger partial charge on any atom is 0.461 e. The predicted octanol–water partition coefficient (Wildman–Crippen LogP) is 3.04. The lowest BCUT2D eigenvalue weighted by Gasteiger charge is -2.32. The van der Waals surface area contributed by atoms with Gasteiger partial charge in [-0.1, -0.05) is 19.1 Å². The molecule has 0 unspecified atom stereocenters. The van der Waals surface area contributed by atoms with E-state index >= 15 is 0 Å². The van der Waals surface area contributed by atoms with E-state index in [1.807, 2.05) is 0 Å². The van der Waals surface area contributed by atoms with E-state index in [2.05, 4.69) is 46.8 Å². The standard InChI is InChI=1S/C11H21BO2/c1-6-7-8-9-12-13-10(2,3)11(4,5)14-12/h7-8H,6,9H2,1-5H3/b8-7-. The van der Waals surface area contributed by atoms with Gasteiger partial charge in [-0.25, -0.2) is 0 Å². The van der Waals surface area contributed by atoms with Gasteiger partial charge < -0.3 is 9.31 Å². The van der Waals surface area contributed by atoms with E-state index in [1.165, 1.54) is 0 Å². The molecular formula is C11H21BO2. The van der Waals surface area contributed by atoms with Crippen LogP contribution in [0.5, 0.6) is 0 Å². The van der Waals surface area contributed by atoms with Crippen LogP contribution in [0.1, 0.15) is 41.0 Å². The second-order valence-corrected chi connectivity index (χ2v) is 4.80. The second kappa shape index (κ2) is 4.07. The van der Waals surface area contributed by atoms with Crippen LogP contribution in [0.25, 0.3) is 0 Å². The third-order valence-electron chi connectivity index (χ3n) is 3.03. The SMILES string of the molecule is CC/C=C\CB1OC(C)(C)C(C)(C)O1. The molecule has 3 heteroatoms. The van der Waals surface area contributed by atoms with Crippen molar-refractivity contribution in [3.05, 3.63) is 12.2 Å². The summed E-state index contributed by atoms with van der Waals surface area (Å²) in [7, 11) is -0.0807. The van der Waals surface area contributed by atoms with Crippen LogP contribution in [-0.2, 0) is 9.31 Å². The first-order valence-electron chi connectivity index (χ1n) is 5.39. The molecule has 0 spiro atoms. The molecule has 0 aromatic heterocycles. The van der Waals surface area contributed by atoms with Gasteiger partial charge in [0.15, 0.2) is 0 Å². The molecule has 1 rings (SSSR count). The van der Waals surface area contributed by atoms with Gasteiger partial charge in [0.05, 0.1) is 11.2 Å². The molecular weight excluding hydrogens is 175 g/mol. The Labute approximate surface area is 87.8 Å². The lowest BCUT2D eigenvalue weighted by Crippen LogP contribution is -2.41. The van der Waals surface area contributed by atoms with Gasteiger partial charge in [-0.2, -0.15) is 0 Å². The Balaban J connectivity index is 2.51. The first kappa shape index (κ1) is 11.8. The Morgan fingerprint density at radius 1 is 1.00 bits per heavy atom. The molecule has 0 atom stereocenters. The molecule has 2 nitrogen and oxygen atoms in total. The van der Waals surface area contributed by atoms with Crippen LogP contribution < -0.4 is 0 Å². The highest BCUT2D eigenvalue weighted by atomic mass is 16.7. The Bertz CT molecular complexity index is 205. The molecule has 0 aromatic carbocycles. The molecule has 1 heterocycles. The molecule has 0 radical (unpaired) electrons. The second-order valence-electron chi connectivity index (χ2n) is 4.80. The molecule has 1 fully saturated rings. The Hall–Kier alpha value is -0.275. The van der Waals surface area contributed by atoms with Crippen LogP contribution in [0.15, 0.2) is 12.2 Å². The van der Waals surface area contributed by atoms with Crippen molar-refractivity contribution in [3.8, 4) is 0 Å². The Morgan fingerprint density at radius 2 is 1.50 bits per heavy atom. The van der Waals surface area contributed by atoms with Crippen LogP contribution in [-0.4, -0.2) is 18.3 Å². The molecule has 80 valence electrons. The number of allylic oxidation sites excluding steroid dienone is 2. The molecule has 0 saturated carbocycles. The van der Waals surface area contributed by atoms with Crippen molar-refractivity contribution in [1.29, 1.82) is 0 Å². The van der Waals surface area contributed by atoms with Gasteiger partial charge in [0.25, 0.3) is 0 Å². The highest BCUT2D eigenvalue weighted by molar-refractivity contribution is 6.46. The van der Waals surface area contributed by atoms with Crippen molar-refractivity contribution in [1.82, 2.24) is 0 Å². The highest BCUT2D eigenvalue weighted by Gasteiger charge is 2.50. The minimum Gasteiger partial charge on any atom is -0.403 e. The van der Waals surface area contributed by atoms with Crippen LogP contribution in [0.2, 0.25) is 6.32 Å². The van der Waals surface area contributed by atoms with Gasteiger partial charge in [-0.3, -0.25) is 0 Å². The van der Waals surface area contributed by atoms with Crippen molar-refractivity contribution in [2.24, 2.45) is 0 Å². The minimum absolute atomic E-state index is 0.0807. The van der Waals surface area contributed by atoms with Crippen molar-refractivity contribution < 1.29 is 9.31 Å². The lowest BCUT2D eigenvalue weighted by atomic mass is 9.85. The van der Waals surface area contributed by atoms with Gasteiger partial charge >= 0.3 is 7.12 Å². The summed E-state index contributed by atoms with van der Waals surface area (Å²) in [5, 5.41) is 0. The molecule has 1 aliphatic rings. The Kier molecular flexibility index (Phi) is 3.43. The molecule has 0 N–H and O–H groups in total. The molecule has 14 heavy (non-hydrogen) atoms. The van der Waals surface area contributed by atoms with Gasteiger partial charge in [0.2, 0.25) is 0 Å². The van der Waals surface area contributed by atoms with Crippen molar-refractivity contribution in [2.45, 2.75) is 58.6 Å². The summed E-state index contributed by atoms with van der Waals surface area (Å²) >= 11 is 0. The van der Waals surface area contributed by atoms with Gasteiger partial charge in [0.1, 0.15) is 0 Å². The maximum absolute atomic E-state index is 5.84. The number of hydrogen-bond donors (Lipinski definition) is 0.